The fourth-order valence-electron chi connectivity index (χ4n) is 1.87. The van der Waals surface area contributed by atoms with Crippen LogP contribution in [0.5, 0.6) is 0 Å². The van der Waals surface area contributed by atoms with Crippen LogP contribution in [-0.4, -0.2) is 36.1 Å². The van der Waals surface area contributed by atoms with Crippen molar-refractivity contribution in [3.05, 3.63) is 16.1 Å². The highest BCUT2D eigenvalue weighted by molar-refractivity contribution is 7.09. The maximum absolute atomic E-state index is 4.48. The maximum Gasteiger partial charge on any atom is 0.0897 e. The zero-order valence-corrected chi connectivity index (χ0v) is 12.3. The normalized spacial score (nSPS) is 13.2. The van der Waals surface area contributed by atoms with E-state index in [0.717, 1.165) is 24.6 Å². The molecular formula is C13H25N3S. The van der Waals surface area contributed by atoms with Crippen LogP contribution in [0.25, 0.3) is 0 Å². The van der Waals surface area contributed by atoms with Crippen LogP contribution in [0.4, 0.5) is 0 Å². The van der Waals surface area contributed by atoms with Crippen molar-refractivity contribution in [3.63, 3.8) is 0 Å². The van der Waals surface area contributed by atoms with Gasteiger partial charge in [-0.1, -0.05) is 13.3 Å². The van der Waals surface area contributed by atoms with Crippen LogP contribution < -0.4 is 5.32 Å². The van der Waals surface area contributed by atoms with Crippen molar-refractivity contribution in [2.75, 3.05) is 20.1 Å². The summed E-state index contributed by atoms with van der Waals surface area (Å²) in [6.45, 7) is 9.63. The van der Waals surface area contributed by atoms with E-state index in [1.807, 2.05) is 0 Å². The van der Waals surface area contributed by atoms with Gasteiger partial charge in [0.2, 0.25) is 0 Å². The number of hydrogen-bond acceptors (Lipinski definition) is 4. The molecule has 1 unspecified atom stereocenters. The Kier molecular flexibility index (Phi) is 6.70. The van der Waals surface area contributed by atoms with Gasteiger partial charge in [0.25, 0.3) is 0 Å². The van der Waals surface area contributed by atoms with Crippen LogP contribution in [0.3, 0.4) is 0 Å². The minimum Gasteiger partial charge on any atom is -0.313 e. The summed E-state index contributed by atoms with van der Waals surface area (Å²) < 4.78 is 0. The van der Waals surface area contributed by atoms with Crippen molar-refractivity contribution < 1.29 is 0 Å². The average molecular weight is 255 g/mol. The first-order valence-corrected chi connectivity index (χ1v) is 7.32. The lowest BCUT2D eigenvalue weighted by Gasteiger charge is -2.18. The van der Waals surface area contributed by atoms with E-state index in [1.165, 1.54) is 18.5 Å². The summed E-state index contributed by atoms with van der Waals surface area (Å²) >= 11 is 1.73. The molecule has 0 aliphatic heterocycles. The van der Waals surface area contributed by atoms with Crippen molar-refractivity contribution in [3.8, 4) is 0 Å². The fourth-order valence-corrected chi connectivity index (χ4v) is 2.48. The van der Waals surface area contributed by atoms with Gasteiger partial charge in [0.05, 0.1) is 10.7 Å². The van der Waals surface area contributed by atoms with Crippen molar-refractivity contribution in [2.45, 2.75) is 46.2 Å². The Hall–Kier alpha value is -0.450. The molecule has 0 radical (unpaired) electrons. The summed E-state index contributed by atoms with van der Waals surface area (Å²) in [5, 5.41) is 6.85. The molecule has 1 atom stereocenters. The number of hydrogen-bond donors (Lipinski definition) is 1. The minimum atomic E-state index is 0.634. The average Bonchev–Trinajstić information content (AvgIpc) is 2.64. The molecule has 0 aliphatic carbocycles. The monoisotopic (exact) mass is 255 g/mol. The number of nitrogens with one attached hydrogen (secondary N) is 1. The van der Waals surface area contributed by atoms with E-state index in [9.17, 15) is 0 Å². The first-order valence-electron chi connectivity index (χ1n) is 6.44. The van der Waals surface area contributed by atoms with E-state index < -0.39 is 0 Å². The second-order valence-corrected chi connectivity index (χ2v) is 5.80. The molecule has 4 heteroatoms. The summed E-state index contributed by atoms with van der Waals surface area (Å²) in [6, 6.07) is 0.634. The van der Waals surface area contributed by atoms with Gasteiger partial charge in [0.1, 0.15) is 0 Å². The van der Waals surface area contributed by atoms with Crippen LogP contribution in [0.1, 0.15) is 37.4 Å². The van der Waals surface area contributed by atoms with Gasteiger partial charge in [-0.05, 0) is 27.3 Å². The molecule has 1 heterocycles. The van der Waals surface area contributed by atoms with Crippen molar-refractivity contribution >= 4 is 11.3 Å². The van der Waals surface area contributed by atoms with Gasteiger partial charge in [0, 0.05) is 31.1 Å². The lowest BCUT2D eigenvalue weighted by atomic mass is 10.2. The van der Waals surface area contributed by atoms with E-state index in [1.54, 1.807) is 11.3 Å². The molecule has 1 N–H and O–H groups in total. The molecule has 0 aliphatic rings. The van der Waals surface area contributed by atoms with Gasteiger partial charge < -0.3 is 5.32 Å². The number of nitrogens with zero attached hydrogens (tertiary/aromatic N) is 2. The molecule has 17 heavy (non-hydrogen) atoms. The van der Waals surface area contributed by atoms with Gasteiger partial charge in [-0.3, -0.25) is 4.90 Å². The summed E-state index contributed by atoms with van der Waals surface area (Å²) in [5.41, 5.74) is 1.19. The predicted molar refractivity (Wildman–Crippen MR) is 75.6 cm³/mol. The zero-order chi connectivity index (χ0) is 12.7. The SMILES string of the molecule is CCCC(C)NCCN(C)Cc1csc(C)n1. The fraction of sp³-hybridized carbons (Fsp3) is 0.769. The molecule has 1 aromatic rings. The first-order chi connectivity index (χ1) is 8.11. The Labute approximate surface area is 109 Å². The standard InChI is InChI=1S/C13H25N3S/c1-5-6-11(2)14-7-8-16(4)9-13-10-17-12(3)15-13/h10-11,14H,5-9H2,1-4H3. The van der Waals surface area contributed by atoms with Gasteiger partial charge in [-0.15, -0.1) is 11.3 Å². The Morgan fingerprint density at radius 3 is 2.88 bits per heavy atom. The van der Waals surface area contributed by atoms with Gasteiger partial charge in [-0.2, -0.15) is 0 Å². The largest absolute Gasteiger partial charge is 0.313 e. The number of rotatable bonds is 8. The topological polar surface area (TPSA) is 28.2 Å². The van der Waals surface area contributed by atoms with E-state index in [-0.39, 0.29) is 0 Å². The quantitative estimate of drug-likeness (QED) is 0.774. The van der Waals surface area contributed by atoms with Crippen LogP contribution in [0.2, 0.25) is 0 Å². The molecular weight excluding hydrogens is 230 g/mol. The smallest absolute Gasteiger partial charge is 0.0897 e. The highest BCUT2D eigenvalue weighted by atomic mass is 32.1. The van der Waals surface area contributed by atoms with E-state index in [2.05, 4.69) is 48.4 Å². The molecule has 1 aromatic heterocycles. The molecule has 0 saturated carbocycles. The van der Waals surface area contributed by atoms with E-state index >= 15 is 0 Å². The summed E-state index contributed by atoms with van der Waals surface area (Å²) in [4.78, 5) is 6.80. The Morgan fingerprint density at radius 2 is 2.29 bits per heavy atom. The van der Waals surface area contributed by atoms with Crippen LogP contribution in [-0.2, 0) is 6.54 Å². The predicted octanol–water partition coefficient (Wildman–Crippen LogP) is 2.66. The van der Waals surface area contributed by atoms with Gasteiger partial charge in [-0.25, -0.2) is 4.98 Å². The second kappa shape index (κ2) is 7.80. The van der Waals surface area contributed by atoms with Crippen LogP contribution in [0, 0.1) is 6.92 Å². The Balaban J connectivity index is 2.15. The molecule has 0 bridgehead atoms. The lowest BCUT2D eigenvalue weighted by Crippen LogP contribution is -2.34. The summed E-state index contributed by atoms with van der Waals surface area (Å²) in [6.07, 6.45) is 2.51. The molecule has 3 nitrogen and oxygen atoms in total. The third-order valence-electron chi connectivity index (χ3n) is 2.81. The third kappa shape index (κ3) is 6.15. The van der Waals surface area contributed by atoms with Crippen LogP contribution >= 0.6 is 11.3 Å². The molecule has 0 aromatic carbocycles. The minimum absolute atomic E-state index is 0.634. The van der Waals surface area contributed by atoms with Gasteiger partial charge >= 0.3 is 0 Å². The van der Waals surface area contributed by atoms with Crippen LogP contribution in [0.15, 0.2) is 5.38 Å². The Morgan fingerprint density at radius 1 is 1.53 bits per heavy atom. The van der Waals surface area contributed by atoms with Crippen molar-refractivity contribution in [1.29, 1.82) is 0 Å². The second-order valence-electron chi connectivity index (χ2n) is 4.74. The zero-order valence-electron chi connectivity index (χ0n) is 11.5. The molecule has 98 valence electrons. The first kappa shape index (κ1) is 14.6. The number of aromatic nitrogens is 1. The lowest BCUT2D eigenvalue weighted by molar-refractivity contribution is 0.313. The van der Waals surface area contributed by atoms with Crippen molar-refractivity contribution in [1.82, 2.24) is 15.2 Å². The molecule has 0 amide bonds. The number of likely N-dealkylation sites (N-methyl/N-ethyl adjacent to an activating group) is 1. The van der Waals surface area contributed by atoms with Gasteiger partial charge in [0.15, 0.2) is 0 Å². The Bertz CT molecular complexity index is 311. The van der Waals surface area contributed by atoms with E-state index in [4.69, 9.17) is 0 Å². The number of aryl methyl sites for hydroxylation is 1. The highest BCUT2D eigenvalue weighted by Gasteiger charge is 2.04. The van der Waals surface area contributed by atoms with E-state index in [0.29, 0.717) is 6.04 Å². The summed E-state index contributed by atoms with van der Waals surface area (Å²) in [5.74, 6) is 0. The molecule has 0 fully saturated rings. The highest BCUT2D eigenvalue weighted by Crippen LogP contribution is 2.09. The van der Waals surface area contributed by atoms with Crippen molar-refractivity contribution in [2.24, 2.45) is 0 Å². The third-order valence-corrected chi connectivity index (χ3v) is 3.63. The molecule has 1 rings (SSSR count). The summed E-state index contributed by atoms with van der Waals surface area (Å²) in [7, 11) is 2.15. The molecule has 0 saturated heterocycles. The number of thiazole rings is 1. The maximum atomic E-state index is 4.48. The molecule has 0 spiro atoms.